The maximum absolute atomic E-state index is 3.78. The third-order valence-corrected chi connectivity index (χ3v) is 5.07. The molecule has 0 bridgehead atoms. The van der Waals surface area contributed by atoms with Crippen LogP contribution >= 0.6 is 0 Å². The Hall–Kier alpha value is -1.02. The molecule has 1 aromatic carbocycles. The van der Waals surface area contributed by atoms with Gasteiger partial charge < -0.3 is 10.2 Å². The fourth-order valence-corrected chi connectivity index (χ4v) is 3.54. The Balaban J connectivity index is 1.96. The van der Waals surface area contributed by atoms with Gasteiger partial charge in [0.15, 0.2) is 0 Å². The van der Waals surface area contributed by atoms with Crippen LogP contribution in [-0.4, -0.2) is 18.1 Å². The summed E-state index contributed by atoms with van der Waals surface area (Å²) in [6.45, 7) is 6.82. The van der Waals surface area contributed by atoms with Gasteiger partial charge in [0.25, 0.3) is 0 Å². The molecule has 2 heteroatoms. The van der Waals surface area contributed by atoms with Crippen LogP contribution in [0.4, 0.5) is 5.69 Å². The highest BCUT2D eigenvalue weighted by molar-refractivity contribution is 5.56. The van der Waals surface area contributed by atoms with Crippen molar-refractivity contribution in [3.05, 3.63) is 29.8 Å². The van der Waals surface area contributed by atoms with Gasteiger partial charge >= 0.3 is 0 Å². The van der Waals surface area contributed by atoms with E-state index >= 15 is 0 Å². The molecule has 1 atom stereocenters. The number of para-hydroxylation sites is 1. The average molecular weight is 258 g/mol. The summed E-state index contributed by atoms with van der Waals surface area (Å²) in [6.07, 6.45) is 6.73. The van der Waals surface area contributed by atoms with Gasteiger partial charge in [-0.25, -0.2) is 0 Å². The maximum Gasteiger partial charge on any atom is 0.0414 e. The molecule has 1 unspecified atom stereocenters. The van der Waals surface area contributed by atoms with E-state index in [9.17, 15) is 0 Å². The lowest BCUT2D eigenvalue weighted by atomic mass is 9.97. The molecule has 19 heavy (non-hydrogen) atoms. The monoisotopic (exact) mass is 258 g/mol. The van der Waals surface area contributed by atoms with Gasteiger partial charge in [-0.2, -0.15) is 0 Å². The van der Waals surface area contributed by atoms with Crippen molar-refractivity contribution >= 4 is 5.69 Å². The molecule has 0 saturated heterocycles. The molecule has 1 aromatic rings. The molecule has 3 rings (SSSR count). The van der Waals surface area contributed by atoms with Crippen molar-refractivity contribution in [3.63, 3.8) is 0 Å². The summed E-state index contributed by atoms with van der Waals surface area (Å²) in [5.74, 6) is 0. The van der Waals surface area contributed by atoms with Crippen molar-refractivity contribution in [2.45, 2.75) is 64.1 Å². The number of hydrogen-bond acceptors (Lipinski definition) is 2. The molecular formula is C17H26N2. The average Bonchev–Trinajstić information content (AvgIpc) is 2.92. The number of hydrogen-bond donors (Lipinski definition) is 1. The second-order valence-corrected chi connectivity index (χ2v) is 6.46. The van der Waals surface area contributed by atoms with Crippen LogP contribution in [0.3, 0.4) is 0 Å². The first-order valence-corrected chi connectivity index (χ1v) is 7.81. The lowest BCUT2D eigenvalue weighted by Crippen LogP contribution is -2.51. The van der Waals surface area contributed by atoms with Gasteiger partial charge in [-0.15, -0.1) is 0 Å². The third-order valence-electron chi connectivity index (χ3n) is 5.07. The first kappa shape index (κ1) is 13.0. The highest BCUT2D eigenvalue weighted by Gasteiger charge is 2.33. The van der Waals surface area contributed by atoms with Gasteiger partial charge in [0.2, 0.25) is 0 Å². The minimum Gasteiger partial charge on any atom is -0.366 e. The van der Waals surface area contributed by atoms with Crippen molar-refractivity contribution in [2.24, 2.45) is 0 Å². The highest BCUT2D eigenvalue weighted by atomic mass is 15.2. The Morgan fingerprint density at radius 1 is 1.26 bits per heavy atom. The van der Waals surface area contributed by atoms with Gasteiger partial charge in [0.1, 0.15) is 0 Å². The van der Waals surface area contributed by atoms with Gasteiger partial charge in [-0.3, -0.25) is 0 Å². The van der Waals surface area contributed by atoms with Crippen molar-refractivity contribution in [1.82, 2.24) is 5.32 Å². The Labute approximate surface area is 117 Å². The molecule has 1 saturated carbocycles. The largest absolute Gasteiger partial charge is 0.366 e. The summed E-state index contributed by atoms with van der Waals surface area (Å²) in [5.41, 5.74) is 3.17. The van der Waals surface area contributed by atoms with Crippen LogP contribution in [0.25, 0.3) is 0 Å². The smallest absolute Gasteiger partial charge is 0.0414 e. The van der Waals surface area contributed by atoms with Crippen LogP contribution in [0.2, 0.25) is 0 Å². The Morgan fingerprint density at radius 2 is 2.00 bits per heavy atom. The van der Waals surface area contributed by atoms with E-state index in [-0.39, 0.29) is 5.54 Å². The van der Waals surface area contributed by atoms with E-state index in [1.54, 1.807) is 0 Å². The van der Waals surface area contributed by atoms with Gasteiger partial charge in [0.05, 0.1) is 0 Å². The van der Waals surface area contributed by atoms with Crippen molar-refractivity contribution in [3.8, 4) is 0 Å². The number of nitrogens with zero attached hydrogens (tertiary/aromatic N) is 1. The molecule has 1 N–H and O–H groups in total. The predicted molar refractivity (Wildman–Crippen MR) is 81.6 cm³/mol. The summed E-state index contributed by atoms with van der Waals surface area (Å²) < 4.78 is 0. The SMILES string of the molecule is CCC1(C)CN(C2CCCC2)c2ccccc2CN1. The summed E-state index contributed by atoms with van der Waals surface area (Å²) in [7, 11) is 0. The second kappa shape index (κ2) is 5.16. The van der Waals surface area contributed by atoms with Crippen LogP contribution in [0.5, 0.6) is 0 Å². The normalized spacial score (nSPS) is 28.2. The van der Waals surface area contributed by atoms with E-state index in [4.69, 9.17) is 0 Å². The molecular weight excluding hydrogens is 232 g/mol. The molecule has 1 heterocycles. The highest BCUT2D eigenvalue weighted by Crippen LogP contribution is 2.34. The van der Waals surface area contributed by atoms with Crippen molar-refractivity contribution < 1.29 is 0 Å². The van der Waals surface area contributed by atoms with Crippen LogP contribution in [0, 0.1) is 0 Å². The van der Waals surface area contributed by atoms with Gasteiger partial charge in [0, 0.05) is 30.4 Å². The van der Waals surface area contributed by atoms with E-state index in [2.05, 4.69) is 48.3 Å². The molecule has 2 aliphatic rings. The Morgan fingerprint density at radius 3 is 2.74 bits per heavy atom. The molecule has 1 aliphatic heterocycles. The lowest BCUT2D eigenvalue weighted by molar-refractivity contribution is 0.340. The van der Waals surface area contributed by atoms with E-state index in [0.29, 0.717) is 0 Å². The molecule has 104 valence electrons. The summed E-state index contributed by atoms with van der Waals surface area (Å²) in [6, 6.07) is 9.71. The molecule has 0 amide bonds. The van der Waals surface area contributed by atoms with Gasteiger partial charge in [-0.05, 0) is 37.8 Å². The minimum atomic E-state index is 0.238. The number of rotatable bonds is 2. The summed E-state index contributed by atoms with van der Waals surface area (Å²) in [5, 5.41) is 3.78. The molecule has 0 radical (unpaired) electrons. The van der Waals surface area contributed by atoms with Crippen LogP contribution < -0.4 is 10.2 Å². The molecule has 0 spiro atoms. The zero-order chi connectivity index (χ0) is 13.3. The predicted octanol–water partition coefficient (Wildman–Crippen LogP) is 3.71. The van der Waals surface area contributed by atoms with Crippen LogP contribution in [-0.2, 0) is 6.54 Å². The Kier molecular flexibility index (Phi) is 3.53. The fourth-order valence-electron chi connectivity index (χ4n) is 3.54. The molecule has 0 aromatic heterocycles. The molecule has 1 aliphatic carbocycles. The Bertz CT molecular complexity index is 437. The zero-order valence-corrected chi connectivity index (χ0v) is 12.3. The van der Waals surface area contributed by atoms with E-state index in [1.165, 1.54) is 43.4 Å². The van der Waals surface area contributed by atoms with E-state index in [1.807, 2.05) is 0 Å². The number of nitrogens with one attached hydrogen (secondary N) is 1. The van der Waals surface area contributed by atoms with Crippen LogP contribution in [0.15, 0.2) is 24.3 Å². The number of benzene rings is 1. The second-order valence-electron chi connectivity index (χ2n) is 6.46. The lowest BCUT2D eigenvalue weighted by Gasteiger charge is -2.38. The van der Waals surface area contributed by atoms with Crippen molar-refractivity contribution in [1.29, 1.82) is 0 Å². The first-order valence-electron chi connectivity index (χ1n) is 7.81. The van der Waals surface area contributed by atoms with E-state index < -0.39 is 0 Å². The maximum atomic E-state index is 3.78. The molecule has 1 fully saturated rings. The topological polar surface area (TPSA) is 15.3 Å². The van der Waals surface area contributed by atoms with Crippen molar-refractivity contribution in [2.75, 3.05) is 11.4 Å². The quantitative estimate of drug-likeness (QED) is 0.870. The standard InChI is InChI=1S/C17H26N2/c1-3-17(2)13-19(15-9-5-6-10-15)16-11-7-4-8-14(16)12-18-17/h4,7-8,11,15,18H,3,5-6,9-10,12-13H2,1-2H3. The third kappa shape index (κ3) is 2.51. The van der Waals surface area contributed by atoms with E-state index in [0.717, 1.165) is 19.1 Å². The summed E-state index contributed by atoms with van der Waals surface area (Å²) in [4.78, 5) is 2.70. The van der Waals surface area contributed by atoms with Gasteiger partial charge in [-0.1, -0.05) is 38.0 Å². The number of fused-ring (bicyclic) bond motifs is 1. The zero-order valence-electron chi connectivity index (χ0n) is 12.3. The number of anilines is 1. The first-order chi connectivity index (χ1) is 9.22. The fraction of sp³-hybridized carbons (Fsp3) is 0.647. The summed E-state index contributed by atoms with van der Waals surface area (Å²) >= 11 is 0. The molecule has 2 nitrogen and oxygen atoms in total. The minimum absolute atomic E-state index is 0.238. The van der Waals surface area contributed by atoms with Crippen LogP contribution in [0.1, 0.15) is 51.5 Å².